The van der Waals surface area contributed by atoms with Gasteiger partial charge in [0, 0.05) is 38.2 Å². The number of alkyl halides is 1. The highest BCUT2D eigenvalue weighted by atomic mass is 19.1. The molecule has 2 saturated heterocycles. The zero-order valence-electron chi connectivity index (χ0n) is 17.0. The number of amides is 2. The van der Waals surface area contributed by atoms with E-state index in [4.69, 9.17) is 18.7 Å². The Bertz CT molecular complexity index is 901. The molecule has 0 saturated carbocycles. The number of halogens is 1. The van der Waals surface area contributed by atoms with Crippen molar-refractivity contribution in [2.24, 2.45) is 0 Å². The molecular weight excluding hydrogens is 395 g/mol. The van der Waals surface area contributed by atoms with Gasteiger partial charge in [-0.25, -0.2) is 9.18 Å². The SMILES string of the molecule is COc1ccc(OC)c(NC(=O)N2CCC(F)(c3nc(C4CCOCC4)no3)C2)c1. The largest absolute Gasteiger partial charge is 0.497 e. The van der Waals surface area contributed by atoms with Gasteiger partial charge in [0.1, 0.15) is 11.5 Å². The Morgan fingerprint density at radius 1 is 1.30 bits per heavy atom. The molecule has 1 unspecified atom stereocenters. The first kappa shape index (κ1) is 20.4. The topological polar surface area (TPSA) is 99.0 Å². The number of carbonyl (C=O) groups is 1. The molecule has 1 aromatic heterocycles. The second kappa shape index (κ2) is 8.47. The fourth-order valence-corrected chi connectivity index (χ4v) is 3.77. The third kappa shape index (κ3) is 4.04. The van der Waals surface area contributed by atoms with E-state index in [1.807, 2.05) is 0 Å². The number of ether oxygens (including phenoxy) is 3. The zero-order chi connectivity index (χ0) is 21.1. The van der Waals surface area contributed by atoms with Gasteiger partial charge in [0.25, 0.3) is 5.89 Å². The van der Waals surface area contributed by atoms with Crippen LogP contribution in [0.1, 0.15) is 36.9 Å². The molecule has 4 rings (SSSR count). The van der Waals surface area contributed by atoms with Gasteiger partial charge in [-0.15, -0.1) is 0 Å². The van der Waals surface area contributed by atoms with Crippen LogP contribution in [-0.4, -0.2) is 61.6 Å². The first-order valence-electron chi connectivity index (χ1n) is 9.91. The first-order valence-corrected chi connectivity index (χ1v) is 9.91. The maximum absolute atomic E-state index is 15.6. The van der Waals surface area contributed by atoms with E-state index in [-0.39, 0.29) is 31.3 Å². The lowest BCUT2D eigenvalue weighted by Gasteiger charge is -2.20. The van der Waals surface area contributed by atoms with E-state index in [9.17, 15) is 4.79 Å². The lowest BCUT2D eigenvalue weighted by atomic mass is 9.99. The van der Waals surface area contributed by atoms with Gasteiger partial charge >= 0.3 is 6.03 Å². The minimum Gasteiger partial charge on any atom is -0.497 e. The van der Waals surface area contributed by atoms with Crippen LogP contribution in [0, 0.1) is 0 Å². The minimum absolute atomic E-state index is 0.0711. The van der Waals surface area contributed by atoms with Crippen molar-refractivity contribution in [3.05, 3.63) is 29.9 Å². The molecule has 2 aliphatic heterocycles. The maximum Gasteiger partial charge on any atom is 0.322 e. The molecule has 1 atom stereocenters. The van der Waals surface area contributed by atoms with E-state index in [0.29, 0.717) is 36.2 Å². The Morgan fingerprint density at radius 3 is 2.83 bits per heavy atom. The Morgan fingerprint density at radius 2 is 2.10 bits per heavy atom. The number of hydrogen-bond donors (Lipinski definition) is 1. The predicted molar refractivity (Wildman–Crippen MR) is 105 cm³/mol. The van der Waals surface area contributed by atoms with Gasteiger partial charge in [-0.05, 0) is 25.0 Å². The van der Waals surface area contributed by atoms with Gasteiger partial charge in [-0.1, -0.05) is 5.16 Å². The quantitative estimate of drug-likeness (QED) is 0.794. The Hall–Kier alpha value is -2.88. The van der Waals surface area contributed by atoms with Gasteiger partial charge in [0.2, 0.25) is 5.67 Å². The van der Waals surface area contributed by atoms with E-state index >= 15 is 4.39 Å². The summed E-state index contributed by atoms with van der Waals surface area (Å²) in [5.41, 5.74) is -1.43. The minimum atomic E-state index is -1.87. The maximum atomic E-state index is 15.6. The second-order valence-electron chi connectivity index (χ2n) is 7.48. The molecule has 9 nitrogen and oxygen atoms in total. The molecule has 2 amide bonds. The first-order chi connectivity index (χ1) is 14.5. The second-order valence-corrected chi connectivity index (χ2v) is 7.48. The summed E-state index contributed by atoms with van der Waals surface area (Å²) in [7, 11) is 3.04. The van der Waals surface area contributed by atoms with Crippen LogP contribution >= 0.6 is 0 Å². The predicted octanol–water partition coefficient (Wildman–Crippen LogP) is 3.08. The van der Waals surface area contributed by atoms with Gasteiger partial charge < -0.3 is 29.0 Å². The van der Waals surface area contributed by atoms with Gasteiger partial charge in [-0.2, -0.15) is 4.98 Å². The van der Waals surface area contributed by atoms with Crippen molar-refractivity contribution >= 4 is 11.7 Å². The number of carbonyl (C=O) groups excluding carboxylic acids is 1. The van der Waals surface area contributed by atoms with E-state index in [1.54, 1.807) is 18.2 Å². The Balaban J connectivity index is 1.43. The number of nitrogens with one attached hydrogen (secondary N) is 1. The molecule has 0 radical (unpaired) electrons. The lowest BCUT2D eigenvalue weighted by Crippen LogP contribution is -2.35. The molecule has 0 aliphatic carbocycles. The molecule has 3 heterocycles. The van der Waals surface area contributed by atoms with Crippen LogP contribution in [0.5, 0.6) is 11.5 Å². The third-order valence-corrected chi connectivity index (χ3v) is 5.57. The summed E-state index contributed by atoms with van der Waals surface area (Å²) in [5.74, 6) is 1.60. The van der Waals surface area contributed by atoms with Crippen molar-refractivity contribution in [3.8, 4) is 11.5 Å². The zero-order valence-corrected chi connectivity index (χ0v) is 17.0. The van der Waals surface area contributed by atoms with Crippen LogP contribution in [-0.2, 0) is 10.4 Å². The summed E-state index contributed by atoms with van der Waals surface area (Å²) >= 11 is 0. The fourth-order valence-electron chi connectivity index (χ4n) is 3.77. The Labute approximate surface area is 173 Å². The summed E-state index contributed by atoms with van der Waals surface area (Å²) in [6.07, 6.45) is 1.66. The monoisotopic (exact) mass is 420 g/mol. The number of nitrogens with zero attached hydrogens (tertiary/aromatic N) is 3. The summed E-state index contributed by atoms with van der Waals surface area (Å²) < 4.78 is 36.6. The molecule has 162 valence electrons. The molecule has 2 aliphatic rings. The number of rotatable bonds is 5. The number of anilines is 1. The normalized spacial score (nSPS) is 22.2. The van der Waals surface area contributed by atoms with Crippen LogP contribution in [0.3, 0.4) is 0 Å². The van der Waals surface area contributed by atoms with Gasteiger partial charge in [0.15, 0.2) is 5.82 Å². The molecule has 0 bridgehead atoms. The van der Waals surface area contributed by atoms with E-state index in [1.165, 1.54) is 19.1 Å². The lowest BCUT2D eigenvalue weighted by molar-refractivity contribution is 0.0830. The van der Waals surface area contributed by atoms with Crippen LogP contribution in [0.4, 0.5) is 14.9 Å². The Kier molecular flexibility index (Phi) is 5.76. The molecule has 1 N–H and O–H groups in total. The molecule has 10 heteroatoms. The van der Waals surface area contributed by atoms with Crippen molar-refractivity contribution in [2.75, 3.05) is 45.8 Å². The molecule has 2 aromatic rings. The van der Waals surface area contributed by atoms with E-state index < -0.39 is 11.7 Å². The summed E-state index contributed by atoms with van der Waals surface area (Å²) in [4.78, 5) is 18.4. The van der Waals surface area contributed by atoms with Crippen molar-refractivity contribution in [3.63, 3.8) is 0 Å². The highest BCUT2D eigenvalue weighted by molar-refractivity contribution is 5.91. The number of aromatic nitrogens is 2. The third-order valence-electron chi connectivity index (χ3n) is 5.57. The standard InChI is InChI=1S/C20H25FN4O5/c1-27-14-3-4-16(28-2)15(11-14)22-19(26)25-8-7-20(21,12-25)18-23-17(24-30-18)13-5-9-29-10-6-13/h3-4,11,13H,5-10,12H2,1-2H3,(H,22,26). The summed E-state index contributed by atoms with van der Waals surface area (Å²) in [6.45, 7) is 1.33. The van der Waals surface area contributed by atoms with Gasteiger partial charge in [0.05, 0.1) is 26.5 Å². The number of benzene rings is 1. The number of likely N-dealkylation sites (tertiary alicyclic amines) is 1. The van der Waals surface area contributed by atoms with Crippen molar-refractivity contribution in [1.29, 1.82) is 0 Å². The van der Waals surface area contributed by atoms with E-state index in [2.05, 4.69) is 15.5 Å². The van der Waals surface area contributed by atoms with Crippen LogP contribution < -0.4 is 14.8 Å². The summed E-state index contributed by atoms with van der Waals surface area (Å²) in [5, 5.41) is 6.74. The number of methoxy groups -OCH3 is 2. The van der Waals surface area contributed by atoms with Crippen LogP contribution in [0.25, 0.3) is 0 Å². The number of urea groups is 1. The average molecular weight is 420 g/mol. The molecule has 1 aromatic carbocycles. The van der Waals surface area contributed by atoms with Crippen molar-refractivity contribution < 1.29 is 27.9 Å². The van der Waals surface area contributed by atoms with Crippen LogP contribution in [0.2, 0.25) is 0 Å². The smallest absolute Gasteiger partial charge is 0.322 e. The molecule has 2 fully saturated rings. The van der Waals surface area contributed by atoms with E-state index in [0.717, 1.165) is 12.8 Å². The number of hydrogen-bond acceptors (Lipinski definition) is 7. The highest BCUT2D eigenvalue weighted by Gasteiger charge is 2.47. The molecule has 30 heavy (non-hydrogen) atoms. The van der Waals surface area contributed by atoms with Crippen molar-refractivity contribution in [1.82, 2.24) is 15.0 Å². The van der Waals surface area contributed by atoms with Crippen molar-refractivity contribution in [2.45, 2.75) is 30.8 Å². The highest BCUT2D eigenvalue weighted by Crippen LogP contribution is 2.37. The fraction of sp³-hybridized carbons (Fsp3) is 0.550. The van der Waals surface area contributed by atoms with Crippen LogP contribution in [0.15, 0.2) is 22.7 Å². The summed E-state index contributed by atoms with van der Waals surface area (Å²) in [6, 6.07) is 4.62. The molecular formula is C20H25FN4O5. The van der Waals surface area contributed by atoms with Gasteiger partial charge in [-0.3, -0.25) is 0 Å². The molecule has 0 spiro atoms. The average Bonchev–Trinajstić information content (AvgIpc) is 3.43.